The molecule has 2 rings (SSSR count). The molecular formula is C11H17N3O2. The van der Waals surface area contributed by atoms with Crippen LogP contribution in [0, 0.1) is 19.8 Å². The summed E-state index contributed by atoms with van der Waals surface area (Å²) < 4.78 is 5.03. The molecule has 88 valence electrons. The van der Waals surface area contributed by atoms with Crippen molar-refractivity contribution in [1.29, 1.82) is 0 Å². The number of carbonyl (C=O) groups is 1. The molecule has 1 aliphatic rings. The van der Waals surface area contributed by atoms with Gasteiger partial charge in [0.2, 0.25) is 11.8 Å². The van der Waals surface area contributed by atoms with Crippen molar-refractivity contribution in [2.45, 2.75) is 26.7 Å². The highest BCUT2D eigenvalue weighted by Crippen LogP contribution is 2.19. The predicted molar refractivity (Wildman–Crippen MR) is 60.2 cm³/mol. The summed E-state index contributed by atoms with van der Waals surface area (Å²) in [4.78, 5) is 11.7. The summed E-state index contributed by atoms with van der Waals surface area (Å²) in [6.07, 6.45) is 1.62. The number of aryl methyl sites for hydroxylation is 1. The minimum atomic E-state index is 0.00736. The van der Waals surface area contributed by atoms with Gasteiger partial charge in [-0.25, -0.2) is 0 Å². The zero-order valence-electron chi connectivity index (χ0n) is 9.67. The molecular weight excluding hydrogens is 206 g/mol. The first-order chi connectivity index (χ1) is 7.66. The Bertz CT molecular complexity index is 381. The van der Waals surface area contributed by atoms with Gasteiger partial charge in [-0.2, -0.15) is 0 Å². The highest BCUT2D eigenvalue weighted by molar-refractivity contribution is 5.90. The summed E-state index contributed by atoms with van der Waals surface area (Å²) in [6, 6.07) is 0. The highest BCUT2D eigenvalue weighted by Gasteiger charge is 2.19. The monoisotopic (exact) mass is 223 g/mol. The minimum absolute atomic E-state index is 0.00736. The van der Waals surface area contributed by atoms with Crippen molar-refractivity contribution < 1.29 is 9.32 Å². The van der Waals surface area contributed by atoms with Crippen LogP contribution in [0.3, 0.4) is 0 Å². The molecule has 0 radical (unpaired) electrons. The molecule has 1 fully saturated rings. The standard InChI is InChI=1S/C11H17N3O2/c1-7-8(2)14-16-11(7)13-10(15)5-9-3-4-12-6-9/h9,12H,3-6H2,1-2H3,(H,13,15). The van der Waals surface area contributed by atoms with E-state index in [4.69, 9.17) is 4.52 Å². The fraction of sp³-hybridized carbons (Fsp3) is 0.636. The summed E-state index contributed by atoms with van der Waals surface area (Å²) in [5, 5.41) is 9.80. The molecule has 16 heavy (non-hydrogen) atoms. The van der Waals surface area contributed by atoms with E-state index in [2.05, 4.69) is 15.8 Å². The van der Waals surface area contributed by atoms with Gasteiger partial charge in [-0.1, -0.05) is 5.16 Å². The molecule has 5 heteroatoms. The van der Waals surface area contributed by atoms with Gasteiger partial charge in [0.1, 0.15) is 0 Å². The lowest BCUT2D eigenvalue weighted by Gasteiger charge is -2.07. The van der Waals surface area contributed by atoms with Gasteiger partial charge < -0.3 is 9.84 Å². The number of nitrogens with zero attached hydrogens (tertiary/aromatic N) is 1. The Labute approximate surface area is 94.6 Å². The molecule has 0 aromatic carbocycles. The number of hydrogen-bond donors (Lipinski definition) is 2. The van der Waals surface area contributed by atoms with Crippen LogP contribution in [-0.4, -0.2) is 24.2 Å². The average molecular weight is 223 g/mol. The normalized spacial score (nSPS) is 20.0. The zero-order valence-corrected chi connectivity index (χ0v) is 9.67. The van der Waals surface area contributed by atoms with Crippen molar-refractivity contribution in [2.24, 2.45) is 5.92 Å². The number of nitrogens with one attached hydrogen (secondary N) is 2. The Kier molecular flexibility index (Phi) is 3.24. The topological polar surface area (TPSA) is 67.2 Å². The van der Waals surface area contributed by atoms with Crippen molar-refractivity contribution in [3.05, 3.63) is 11.3 Å². The summed E-state index contributed by atoms with van der Waals surface area (Å²) in [5.74, 6) is 0.936. The Morgan fingerprint density at radius 2 is 2.44 bits per heavy atom. The summed E-state index contributed by atoms with van der Waals surface area (Å²) >= 11 is 0. The molecule has 1 saturated heterocycles. The van der Waals surface area contributed by atoms with Crippen LogP contribution in [0.15, 0.2) is 4.52 Å². The molecule has 1 amide bonds. The van der Waals surface area contributed by atoms with E-state index in [1.807, 2.05) is 13.8 Å². The maximum atomic E-state index is 11.7. The lowest BCUT2D eigenvalue weighted by Crippen LogP contribution is -2.18. The Morgan fingerprint density at radius 3 is 3.00 bits per heavy atom. The van der Waals surface area contributed by atoms with E-state index in [-0.39, 0.29) is 5.91 Å². The number of aromatic nitrogens is 1. The molecule has 0 aliphatic carbocycles. The van der Waals surface area contributed by atoms with Crippen LogP contribution in [0.25, 0.3) is 0 Å². The van der Waals surface area contributed by atoms with Gasteiger partial charge >= 0.3 is 0 Å². The molecule has 2 heterocycles. The largest absolute Gasteiger partial charge is 0.338 e. The van der Waals surface area contributed by atoms with Gasteiger partial charge in [0, 0.05) is 12.0 Å². The van der Waals surface area contributed by atoms with Gasteiger partial charge in [0.25, 0.3) is 0 Å². The van der Waals surface area contributed by atoms with E-state index < -0.39 is 0 Å². The summed E-state index contributed by atoms with van der Waals surface area (Å²) in [5.41, 5.74) is 1.72. The third-order valence-electron chi connectivity index (χ3n) is 3.05. The summed E-state index contributed by atoms with van der Waals surface area (Å²) in [7, 11) is 0. The number of carbonyl (C=O) groups excluding carboxylic acids is 1. The van der Waals surface area contributed by atoms with Crippen LogP contribution in [0.2, 0.25) is 0 Å². The van der Waals surface area contributed by atoms with E-state index in [9.17, 15) is 4.79 Å². The van der Waals surface area contributed by atoms with E-state index in [1.165, 1.54) is 0 Å². The first kappa shape index (κ1) is 11.1. The molecule has 0 spiro atoms. The van der Waals surface area contributed by atoms with Crippen LogP contribution in [0.5, 0.6) is 0 Å². The first-order valence-electron chi connectivity index (χ1n) is 5.60. The molecule has 2 N–H and O–H groups in total. The van der Waals surface area contributed by atoms with Crippen molar-refractivity contribution in [3.63, 3.8) is 0 Å². The molecule has 5 nitrogen and oxygen atoms in total. The second-order valence-electron chi connectivity index (χ2n) is 4.33. The van der Waals surface area contributed by atoms with Gasteiger partial charge in [0.15, 0.2) is 0 Å². The molecule has 1 aromatic heterocycles. The molecule has 1 aromatic rings. The first-order valence-corrected chi connectivity index (χ1v) is 5.60. The van der Waals surface area contributed by atoms with E-state index in [1.54, 1.807) is 0 Å². The Hall–Kier alpha value is -1.36. The number of rotatable bonds is 3. The van der Waals surface area contributed by atoms with Gasteiger partial charge in [-0.05, 0) is 39.3 Å². The lowest BCUT2D eigenvalue weighted by molar-refractivity contribution is -0.117. The van der Waals surface area contributed by atoms with Gasteiger partial charge in [0.05, 0.1) is 5.69 Å². The van der Waals surface area contributed by atoms with Crippen LogP contribution in [-0.2, 0) is 4.79 Å². The van der Waals surface area contributed by atoms with E-state index in [0.29, 0.717) is 18.2 Å². The summed E-state index contributed by atoms with van der Waals surface area (Å²) in [6.45, 7) is 5.69. The van der Waals surface area contributed by atoms with Crippen molar-refractivity contribution in [3.8, 4) is 0 Å². The Morgan fingerprint density at radius 1 is 1.62 bits per heavy atom. The quantitative estimate of drug-likeness (QED) is 0.808. The number of hydrogen-bond acceptors (Lipinski definition) is 4. The van der Waals surface area contributed by atoms with E-state index >= 15 is 0 Å². The second-order valence-corrected chi connectivity index (χ2v) is 4.33. The van der Waals surface area contributed by atoms with Crippen molar-refractivity contribution >= 4 is 11.8 Å². The maximum absolute atomic E-state index is 11.7. The lowest BCUT2D eigenvalue weighted by atomic mass is 10.0. The Balaban J connectivity index is 1.89. The smallest absolute Gasteiger partial charge is 0.234 e. The zero-order chi connectivity index (χ0) is 11.5. The molecule has 0 bridgehead atoms. The predicted octanol–water partition coefficient (Wildman–Crippen LogP) is 1.23. The van der Waals surface area contributed by atoms with E-state index in [0.717, 1.165) is 30.8 Å². The third kappa shape index (κ3) is 2.41. The van der Waals surface area contributed by atoms with Crippen LogP contribution in [0.4, 0.5) is 5.88 Å². The van der Waals surface area contributed by atoms with Crippen molar-refractivity contribution in [1.82, 2.24) is 10.5 Å². The van der Waals surface area contributed by atoms with Crippen LogP contribution < -0.4 is 10.6 Å². The fourth-order valence-corrected chi connectivity index (χ4v) is 1.86. The molecule has 1 aliphatic heterocycles. The number of anilines is 1. The highest BCUT2D eigenvalue weighted by atomic mass is 16.5. The second kappa shape index (κ2) is 4.65. The molecule has 1 unspecified atom stereocenters. The maximum Gasteiger partial charge on any atom is 0.234 e. The van der Waals surface area contributed by atoms with Gasteiger partial charge in [-0.15, -0.1) is 0 Å². The SMILES string of the molecule is Cc1noc(NC(=O)CC2CCNC2)c1C. The minimum Gasteiger partial charge on any atom is -0.338 e. The average Bonchev–Trinajstić information content (AvgIpc) is 2.83. The van der Waals surface area contributed by atoms with Crippen LogP contribution in [0.1, 0.15) is 24.1 Å². The molecule has 0 saturated carbocycles. The third-order valence-corrected chi connectivity index (χ3v) is 3.05. The molecule has 1 atom stereocenters. The fourth-order valence-electron chi connectivity index (χ4n) is 1.86. The van der Waals surface area contributed by atoms with Gasteiger partial charge in [-0.3, -0.25) is 10.1 Å². The van der Waals surface area contributed by atoms with Crippen LogP contribution >= 0.6 is 0 Å². The number of amides is 1. The van der Waals surface area contributed by atoms with Crippen molar-refractivity contribution in [2.75, 3.05) is 18.4 Å².